The SMILES string of the molecule is COCCCN(C)c1nc(C2CC2)c(C=O)s1. The van der Waals surface area contributed by atoms with Gasteiger partial charge in [-0.2, -0.15) is 0 Å². The third-order valence-corrected chi connectivity index (χ3v) is 4.02. The number of carbonyl (C=O) groups is 1. The first-order valence-corrected chi connectivity index (χ1v) is 6.74. The van der Waals surface area contributed by atoms with Gasteiger partial charge < -0.3 is 9.64 Å². The van der Waals surface area contributed by atoms with Crippen LogP contribution in [0.2, 0.25) is 0 Å². The highest BCUT2D eigenvalue weighted by molar-refractivity contribution is 7.17. The fourth-order valence-electron chi connectivity index (χ4n) is 1.77. The molecule has 1 aromatic heterocycles. The molecule has 5 heteroatoms. The van der Waals surface area contributed by atoms with E-state index in [-0.39, 0.29) is 0 Å². The Balaban J connectivity index is 2.02. The molecule has 17 heavy (non-hydrogen) atoms. The highest BCUT2D eigenvalue weighted by atomic mass is 32.1. The van der Waals surface area contributed by atoms with Gasteiger partial charge in [0.2, 0.25) is 0 Å². The highest BCUT2D eigenvalue weighted by Crippen LogP contribution is 2.43. The standard InChI is InChI=1S/C12H18N2O2S/c1-14(6-3-7-16-2)12-13-11(9-4-5-9)10(8-15)17-12/h8-9H,3-7H2,1-2H3. The molecule has 1 saturated carbocycles. The number of hydrogen-bond donors (Lipinski definition) is 0. The Kier molecular flexibility index (Phi) is 4.12. The lowest BCUT2D eigenvalue weighted by Gasteiger charge is -2.14. The van der Waals surface area contributed by atoms with Crippen molar-refractivity contribution in [2.75, 3.05) is 32.2 Å². The number of hydrogen-bond acceptors (Lipinski definition) is 5. The molecule has 94 valence electrons. The minimum atomic E-state index is 0.535. The van der Waals surface area contributed by atoms with Crippen molar-refractivity contribution < 1.29 is 9.53 Å². The largest absolute Gasteiger partial charge is 0.385 e. The van der Waals surface area contributed by atoms with Gasteiger partial charge >= 0.3 is 0 Å². The number of thiazole rings is 1. The van der Waals surface area contributed by atoms with Gasteiger partial charge in [0.1, 0.15) is 0 Å². The van der Waals surface area contributed by atoms with Crippen LogP contribution in [0.25, 0.3) is 0 Å². The summed E-state index contributed by atoms with van der Waals surface area (Å²) in [6, 6.07) is 0. The molecule has 1 aliphatic rings. The first kappa shape index (κ1) is 12.5. The smallest absolute Gasteiger partial charge is 0.185 e. The Labute approximate surface area is 106 Å². The molecule has 0 N–H and O–H groups in total. The van der Waals surface area contributed by atoms with Crippen LogP contribution in [0.3, 0.4) is 0 Å². The summed E-state index contributed by atoms with van der Waals surface area (Å²) in [5.74, 6) is 0.535. The van der Waals surface area contributed by atoms with Crippen molar-refractivity contribution in [1.82, 2.24) is 4.98 Å². The minimum absolute atomic E-state index is 0.535. The maximum absolute atomic E-state index is 11.0. The quantitative estimate of drug-likeness (QED) is 0.553. The second-order valence-electron chi connectivity index (χ2n) is 4.41. The molecule has 0 aromatic carbocycles. The monoisotopic (exact) mass is 254 g/mol. The molecule has 1 heterocycles. The van der Waals surface area contributed by atoms with E-state index in [9.17, 15) is 4.79 Å². The molecule has 2 rings (SSSR count). The summed E-state index contributed by atoms with van der Waals surface area (Å²) in [6.07, 6.45) is 4.27. The first-order valence-electron chi connectivity index (χ1n) is 5.92. The first-order chi connectivity index (χ1) is 8.26. The van der Waals surface area contributed by atoms with Crippen LogP contribution in [-0.2, 0) is 4.74 Å². The number of aromatic nitrogens is 1. The Morgan fingerprint density at radius 3 is 2.94 bits per heavy atom. The zero-order valence-electron chi connectivity index (χ0n) is 10.3. The van der Waals surface area contributed by atoms with Gasteiger partial charge in [-0.15, -0.1) is 0 Å². The summed E-state index contributed by atoms with van der Waals surface area (Å²) in [5, 5.41) is 0.949. The number of anilines is 1. The van der Waals surface area contributed by atoms with Crippen LogP contribution < -0.4 is 4.90 Å². The molecule has 0 spiro atoms. The molecule has 0 aliphatic heterocycles. The van der Waals surface area contributed by atoms with E-state index >= 15 is 0 Å². The van der Waals surface area contributed by atoms with Crippen molar-refractivity contribution in [2.24, 2.45) is 0 Å². The van der Waals surface area contributed by atoms with Crippen LogP contribution in [0.5, 0.6) is 0 Å². The van der Waals surface area contributed by atoms with Gasteiger partial charge in [-0.3, -0.25) is 4.79 Å². The van der Waals surface area contributed by atoms with E-state index in [0.29, 0.717) is 5.92 Å². The lowest BCUT2D eigenvalue weighted by atomic mass is 10.3. The summed E-state index contributed by atoms with van der Waals surface area (Å²) >= 11 is 1.50. The van der Waals surface area contributed by atoms with Gasteiger partial charge in [0, 0.05) is 33.2 Å². The average Bonchev–Trinajstić information content (AvgIpc) is 3.08. The third kappa shape index (κ3) is 3.04. The van der Waals surface area contributed by atoms with Crippen molar-refractivity contribution in [3.05, 3.63) is 10.6 Å². The average molecular weight is 254 g/mol. The third-order valence-electron chi connectivity index (χ3n) is 2.91. The summed E-state index contributed by atoms with van der Waals surface area (Å²) in [7, 11) is 3.72. The summed E-state index contributed by atoms with van der Waals surface area (Å²) < 4.78 is 5.03. The molecule has 0 amide bonds. The summed E-state index contributed by atoms with van der Waals surface area (Å²) in [6.45, 7) is 1.66. The number of methoxy groups -OCH3 is 1. The normalized spacial score (nSPS) is 14.9. The van der Waals surface area contributed by atoms with Crippen molar-refractivity contribution >= 4 is 22.8 Å². The van der Waals surface area contributed by atoms with E-state index < -0.39 is 0 Å². The summed E-state index contributed by atoms with van der Waals surface area (Å²) in [4.78, 5) is 18.5. The number of rotatable bonds is 7. The predicted molar refractivity (Wildman–Crippen MR) is 69.2 cm³/mol. The highest BCUT2D eigenvalue weighted by Gasteiger charge is 2.30. The minimum Gasteiger partial charge on any atom is -0.385 e. The fourth-order valence-corrected chi connectivity index (χ4v) is 2.72. The molecule has 4 nitrogen and oxygen atoms in total. The Hall–Kier alpha value is -0.940. The lowest BCUT2D eigenvalue weighted by Crippen LogP contribution is -2.19. The van der Waals surface area contributed by atoms with Crippen molar-refractivity contribution in [2.45, 2.75) is 25.2 Å². The number of aldehydes is 1. The van der Waals surface area contributed by atoms with Gasteiger partial charge in [-0.25, -0.2) is 4.98 Å². The van der Waals surface area contributed by atoms with Gasteiger partial charge in [0.25, 0.3) is 0 Å². The zero-order valence-corrected chi connectivity index (χ0v) is 11.1. The van der Waals surface area contributed by atoms with E-state index in [1.54, 1.807) is 7.11 Å². The Bertz CT molecular complexity index is 388. The molecule has 0 unspecified atom stereocenters. The van der Waals surface area contributed by atoms with E-state index in [4.69, 9.17) is 4.74 Å². The lowest BCUT2D eigenvalue weighted by molar-refractivity contribution is 0.112. The van der Waals surface area contributed by atoms with Crippen molar-refractivity contribution in [1.29, 1.82) is 0 Å². The molecular weight excluding hydrogens is 236 g/mol. The maximum atomic E-state index is 11.0. The molecule has 0 bridgehead atoms. The molecule has 1 aliphatic carbocycles. The fraction of sp³-hybridized carbons (Fsp3) is 0.667. The predicted octanol–water partition coefficient (Wildman–Crippen LogP) is 2.31. The van der Waals surface area contributed by atoms with Gasteiger partial charge in [-0.1, -0.05) is 11.3 Å². The van der Waals surface area contributed by atoms with Crippen molar-refractivity contribution in [3.63, 3.8) is 0 Å². The van der Waals surface area contributed by atoms with Crippen LogP contribution in [0.15, 0.2) is 0 Å². The second kappa shape index (κ2) is 5.60. The van der Waals surface area contributed by atoms with Crippen LogP contribution >= 0.6 is 11.3 Å². The van der Waals surface area contributed by atoms with E-state index in [1.807, 2.05) is 7.05 Å². The molecule has 1 aromatic rings. The Morgan fingerprint density at radius 2 is 2.35 bits per heavy atom. The van der Waals surface area contributed by atoms with Gasteiger partial charge in [0.15, 0.2) is 11.4 Å². The second-order valence-corrected chi connectivity index (χ2v) is 5.42. The van der Waals surface area contributed by atoms with Gasteiger partial charge in [-0.05, 0) is 19.3 Å². The van der Waals surface area contributed by atoms with Crippen LogP contribution in [0, 0.1) is 0 Å². The molecule has 0 saturated heterocycles. The van der Waals surface area contributed by atoms with Crippen molar-refractivity contribution in [3.8, 4) is 0 Å². The van der Waals surface area contributed by atoms with Gasteiger partial charge in [0.05, 0.1) is 10.6 Å². The molecule has 1 fully saturated rings. The van der Waals surface area contributed by atoms with Crippen LogP contribution in [0.1, 0.15) is 40.5 Å². The number of nitrogens with zero attached hydrogens (tertiary/aromatic N) is 2. The van der Waals surface area contributed by atoms with E-state index in [1.165, 1.54) is 24.2 Å². The van der Waals surface area contributed by atoms with Crippen LogP contribution in [0.4, 0.5) is 5.13 Å². The number of ether oxygens (including phenoxy) is 1. The molecule has 0 atom stereocenters. The van der Waals surface area contributed by atoms with E-state index in [2.05, 4.69) is 9.88 Å². The zero-order chi connectivity index (χ0) is 12.3. The Morgan fingerprint density at radius 1 is 1.59 bits per heavy atom. The van der Waals surface area contributed by atoms with Crippen LogP contribution in [-0.4, -0.2) is 38.6 Å². The maximum Gasteiger partial charge on any atom is 0.185 e. The topological polar surface area (TPSA) is 42.4 Å². The number of carbonyl (C=O) groups excluding carboxylic acids is 1. The molecular formula is C12H18N2O2S. The summed E-state index contributed by atoms with van der Waals surface area (Å²) in [5.41, 5.74) is 1.01. The molecule has 0 radical (unpaired) electrons. The van der Waals surface area contributed by atoms with E-state index in [0.717, 1.165) is 41.6 Å².